The quantitative estimate of drug-likeness (QED) is 0.760. The second-order valence-corrected chi connectivity index (χ2v) is 7.27. The molecule has 2 aromatic heterocycles. The molecule has 1 aliphatic rings. The average molecular weight is 352 g/mol. The van der Waals surface area contributed by atoms with Crippen molar-refractivity contribution in [1.29, 1.82) is 0 Å². The Labute approximate surface area is 153 Å². The van der Waals surface area contributed by atoms with Gasteiger partial charge in [0.15, 0.2) is 0 Å². The molecule has 5 heteroatoms. The lowest BCUT2D eigenvalue weighted by atomic mass is 10.0. The number of aliphatic hydroxyl groups is 1. The highest BCUT2D eigenvalue weighted by molar-refractivity contribution is 5.57. The Morgan fingerprint density at radius 2 is 1.92 bits per heavy atom. The predicted molar refractivity (Wildman–Crippen MR) is 98.6 cm³/mol. The second-order valence-electron chi connectivity index (χ2n) is 7.27. The molecule has 0 bridgehead atoms. The summed E-state index contributed by atoms with van der Waals surface area (Å²) < 4.78 is 11.0. The molecule has 0 unspecified atom stereocenters. The van der Waals surface area contributed by atoms with E-state index in [4.69, 9.17) is 8.94 Å². The number of likely N-dealkylation sites (tertiary alicyclic amines) is 1. The molecule has 0 aliphatic carbocycles. The summed E-state index contributed by atoms with van der Waals surface area (Å²) in [4.78, 5) is 2.30. The van der Waals surface area contributed by atoms with Crippen LogP contribution < -0.4 is 0 Å². The third-order valence-electron chi connectivity index (χ3n) is 5.01. The molecule has 1 saturated heterocycles. The average Bonchev–Trinajstić information content (AvgIpc) is 3.31. The van der Waals surface area contributed by atoms with Crippen LogP contribution in [0.3, 0.4) is 0 Å². The van der Waals surface area contributed by atoms with Gasteiger partial charge in [-0.15, -0.1) is 0 Å². The van der Waals surface area contributed by atoms with E-state index >= 15 is 0 Å². The topological polar surface area (TPSA) is 62.6 Å². The predicted octanol–water partition coefficient (Wildman–Crippen LogP) is 3.59. The summed E-state index contributed by atoms with van der Waals surface area (Å²) in [7, 11) is 0. The number of nitrogens with zero attached hydrogens (tertiary/aromatic N) is 2. The first kappa shape index (κ1) is 17.1. The Hall–Kier alpha value is -2.37. The van der Waals surface area contributed by atoms with Gasteiger partial charge in [-0.05, 0) is 31.5 Å². The van der Waals surface area contributed by atoms with Gasteiger partial charge in [-0.2, -0.15) is 0 Å². The number of hydrogen-bond acceptors (Lipinski definition) is 5. The van der Waals surface area contributed by atoms with Crippen molar-refractivity contribution >= 4 is 0 Å². The van der Waals surface area contributed by atoms with Crippen LogP contribution in [0.1, 0.15) is 22.8 Å². The van der Waals surface area contributed by atoms with Crippen molar-refractivity contribution < 1.29 is 14.0 Å². The lowest BCUT2D eigenvalue weighted by Crippen LogP contribution is -2.21. The van der Waals surface area contributed by atoms with Crippen LogP contribution in [0.15, 0.2) is 51.4 Å². The minimum Gasteiger partial charge on any atom is -0.461 e. The molecule has 26 heavy (non-hydrogen) atoms. The molecular weight excluding hydrogens is 328 g/mol. The standard InChI is InChI=1S/C21H24N2O3/c1-14-9-19(26-22-14)10-18-12-23(13-20(18)24)11-16-4-6-17(7-5-16)21-8-3-15(2)25-21/h3-9,18,20,24H,10-13H2,1-2H3/t18-,20+/m1/s1. The first-order chi connectivity index (χ1) is 12.6. The van der Waals surface area contributed by atoms with Gasteiger partial charge in [0.2, 0.25) is 0 Å². The van der Waals surface area contributed by atoms with E-state index in [2.05, 4.69) is 34.3 Å². The Balaban J connectivity index is 1.37. The molecule has 4 rings (SSSR count). The summed E-state index contributed by atoms with van der Waals surface area (Å²) in [6.45, 7) is 6.25. The number of aromatic nitrogens is 1. The molecule has 1 aliphatic heterocycles. The van der Waals surface area contributed by atoms with E-state index in [1.807, 2.05) is 32.0 Å². The smallest absolute Gasteiger partial charge is 0.137 e. The number of aryl methyl sites for hydroxylation is 2. The molecule has 0 spiro atoms. The van der Waals surface area contributed by atoms with Gasteiger partial charge in [-0.25, -0.2) is 0 Å². The zero-order valence-electron chi connectivity index (χ0n) is 15.2. The maximum absolute atomic E-state index is 10.4. The molecule has 2 atom stereocenters. The summed E-state index contributed by atoms with van der Waals surface area (Å²) in [6, 6.07) is 14.4. The maximum Gasteiger partial charge on any atom is 0.137 e. The number of benzene rings is 1. The van der Waals surface area contributed by atoms with Crippen LogP contribution >= 0.6 is 0 Å². The minimum absolute atomic E-state index is 0.188. The SMILES string of the molecule is Cc1cc(C[C@@H]2CN(Cc3ccc(-c4ccc(C)o4)cc3)C[C@@H]2O)on1. The molecule has 3 aromatic rings. The largest absolute Gasteiger partial charge is 0.461 e. The molecule has 0 amide bonds. The van der Waals surface area contributed by atoms with E-state index in [1.54, 1.807) is 0 Å². The zero-order valence-corrected chi connectivity index (χ0v) is 15.2. The van der Waals surface area contributed by atoms with E-state index in [0.29, 0.717) is 6.54 Å². The zero-order chi connectivity index (χ0) is 18.1. The lowest BCUT2D eigenvalue weighted by Gasteiger charge is -2.15. The lowest BCUT2D eigenvalue weighted by molar-refractivity contribution is 0.137. The highest BCUT2D eigenvalue weighted by Crippen LogP contribution is 2.25. The van der Waals surface area contributed by atoms with E-state index in [-0.39, 0.29) is 12.0 Å². The van der Waals surface area contributed by atoms with Crippen molar-refractivity contribution in [3.05, 3.63) is 65.2 Å². The molecule has 1 fully saturated rings. The van der Waals surface area contributed by atoms with Crippen molar-refractivity contribution in [3.8, 4) is 11.3 Å². The Morgan fingerprint density at radius 3 is 2.58 bits per heavy atom. The number of rotatable bonds is 5. The van der Waals surface area contributed by atoms with E-state index in [1.165, 1.54) is 5.56 Å². The van der Waals surface area contributed by atoms with Crippen molar-refractivity contribution in [3.63, 3.8) is 0 Å². The summed E-state index contributed by atoms with van der Waals surface area (Å²) in [5.74, 6) is 2.86. The van der Waals surface area contributed by atoms with Crippen molar-refractivity contribution in [2.75, 3.05) is 13.1 Å². The first-order valence-electron chi connectivity index (χ1n) is 9.05. The first-order valence-corrected chi connectivity index (χ1v) is 9.05. The van der Waals surface area contributed by atoms with Crippen LogP contribution in [0.4, 0.5) is 0 Å². The number of aliphatic hydroxyl groups excluding tert-OH is 1. The van der Waals surface area contributed by atoms with E-state index < -0.39 is 0 Å². The highest BCUT2D eigenvalue weighted by atomic mass is 16.5. The van der Waals surface area contributed by atoms with Gasteiger partial charge in [-0.3, -0.25) is 4.90 Å². The monoisotopic (exact) mass is 352 g/mol. The molecular formula is C21H24N2O3. The molecule has 136 valence electrons. The fourth-order valence-electron chi connectivity index (χ4n) is 3.66. The molecule has 1 aromatic carbocycles. The third-order valence-corrected chi connectivity index (χ3v) is 5.01. The van der Waals surface area contributed by atoms with Crippen LogP contribution in [-0.4, -0.2) is 34.4 Å². The minimum atomic E-state index is -0.328. The fraction of sp³-hybridized carbons (Fsp3) is 0.381. The number of furan rings is 1. The van der Waals surface area contributed by atoms with E-state index in [9.17, 15) is 5.11 Å². The summed E-state index contributed by atoms with van der Waals surface area (Å²) in [6.07, 6.45) is 0.403. The van der Waals surface area contributed by atoms with E-state index in [0.717, 1.165) is 48.0 Å². The van der Waals surface area contributed by atoms with Gasteiger partial charge in [-0.1, -0.05) is 29.4 Å². The summed E-state index contributed by atoms with van der Waals surface area (Å²) >= 11 is 0. The van der Waals surface area contributed by atoms with Crippen LogP contribution in [0.2, 0.25) is 0 Å². The third kappa shape index (κ3) is 3.74. The fourth-order valence-corrected chi connectivity index (χ4v) is 3.66. The van der Waals surface area contributed by atoms with Crippen LogP contribution in [-0.2, 0) is 13.0 Å². The molecule has 0 saturated carbocycles. The summed E-state index contributed by atoms with van der Waals surface area (Å²) in [5, 5.41) is 14.3. The Morgan fingerprint density at radius 1 is 1.12 bits per heavy atom. The second kappa shape index (κ2) is 7.09. The van der Waals surface area contributed by atoms with Gasteiger partial charge in [0, 0.05) is 43.6 Å². The van der Waals surface area contributed by atoms with Crippen LogP contribution in [0.5, 0.6) is 0 Å². The number of β-amino-alcohol motifs (C(OH)–C–C–N with tert-alkyl or cyclic N) is 1. The van der Waals surface area contributed by atoms with Crippen molar-refractivity contribution in [1.82, 2.24) is 10.1 Å². The normalized spacial score (nSPS) is 20.7. The maximum atomic E-state index is 10.4. The van der Waals surface area contributed by atoms with Crippen molar-refractivity contribution in [2.24, 2.45) is 5.92 Å². The van der Waals surface area contributed by atoms with Gasteiger partial charge >= 0.3 is 0 Å². The number of hydrogen-bond donors (Lipinski definition) is 1. The van der Waals surface area contributed by atoms with Crippen LogP contribution in [0.25, 0.3) is 11.3 Å². The van der Waals surface area contributed by atoms with Crippen LogP contribution in [0, 0.1) is 19.8 Å². The molecule has 1 N–H and O–H groups in total. The Kier molecular flexibility index (Phi) is 4.66. The van der Waals surface area contributed by atoms with Gasteiger partial charge in [0.1, 0.15) is 17.3 Å². The van der Waals surface area contributed by atoms with Gasteiger partial charge in [0.25, 0.3) is 0 Å². The molecule has 3 heterocycles. The molecule has 0 radical (unpaired) electrons. The van der Waals surface area contributed by atoms with Crippen molar-refractivity contribution in [2.45, 2.75) is 32.9 Å². The van der Waals surface area contributed by atoms with Gasteiger partial charge < -0.3 is 14.0 Å². The highest BCUT2D eigenvalue weighted by Gasteiger charge is 2.32. The van der Waals surface area contributed by atoms with Gasteiger partial charge in [0.05, 0.1) is 11.8 Å². The Bertz CT molecular complexity index is 866. The molecule has 5 nitrogen and oxygen atoms in total. The summed E-state index contributed by atoms with van der Waals surface area (Å²) in [5.41, 5.74) is 3.21.